The number of hydrogen-bond donors (Lipinski definition) is 1. The predicted molar refractivity (Wildman–Crippen MR) is 54.9 cm³/mol. The lowest BCUT2D eigenvalue weighted by atomic mass is 10.4. The molecule has 0 spiro atoms. The van der Waals surface area contributed by atoms with Crippen LogP contribution in [-0.4, -0.2) is 29.3 Å². The third kappa shape index (κ3) is 2.19. The molecular weight excluding hydrogens is 256 g/mol. The lowest BCUT2D eigenvalue weighted by molar-refractivity contribution is 0.0692. The van der Waals surface area contributed by atoms with Crippen molar-refractivity contribution < 1.29 is 18.3 Å². The monoisotopic (exact) mass is 264 g/mol. The second kappa shape index (κ2) is 3.74. The normalized spacial score (nSPS) is 16.3. The van der Waals surface area contributed by atoms with E-state index in [1.165, 1.54) is 0 Å². The predicted octanol–water partition coefficient (Wildman–Crippen LogP) is 0.919. The van der Waals surface area contributed by atoms with Gasteiger partial charge in [-0.15, -0.1) is 0 Å². The quantitative estimate of drug-likeness (QED) is 0.817. The summed E-state index contributed by atoms with van der Waals surface area (Å²) in [4.78, 5) is 10.8. The molecule has 1 heterocycles. The van der Waals surface area contributed by atoms with E-state index in [-0.39, 0.29) is 5.56 Å². The van der Waals surface area contributed by atoms with E-state index in [1.807, 2.05) is 0 Å². The Hall–Kier alpha value is -1.08. The Morgan fingerprint density at radius 3 is 2.69 bits per heavy atom. The average Bonchev–Trinajstić information content (AvgIpc) is 2.79. The molecule has 0 aromatic carbocycles. The highest BCUT2D eigenvalue weighted by Crippen LogP contribution is 2.32. The molecule has 0 saturated heterocycles. The first-order chi connectivity index (χ1) is 7.39. The van der Waals surface area contributed by atoms with Gasteiger partial charge in [0.2, 0.25) is 0 Å². The van der Waals surface area contributed by atoms with E-state index < -0.39 is 20.0 Å². The van der Waals surface area contributed by atoms with Crippen LogP contribution < -0.4 is 0 Å². The van der Waals surface area contributed by atoms with Gasteiger partial charge in [-0.05, 0) is 18.8 Å². The highest BCUT2D eigenvalue weighted by Gasteiger charge is 2.30. The molecule has 1 aromatic heterocycles. The average molecular weight is 265 g/mol. The van der Waals surface area contributed by atoms with Gasteiger partial charge in [-0.1, -0.05) is 0 Å². The van der Waals surface area contributed by atoms with Gasteiger partial charge in [0.1, 0.15) is 5.56 Å². The molecule has 2 rings (SSSR count). The fourth-order valence-electron chi connectivity index (χ4n) is 1.45. The number of nitrogens with zero attached hydrogens (tertiary/aromatic N) is 2. The second-order valence-corrected chi connectivity index (χ2v) is 6.21. The van der Waals surface area contributed by atoms with Crippen molar-refractivity contribution in [1.82, 2.24) is 9.78 Å². The number of rotatable bonds is 4. The van der Waals surface area contributed by atoms with Gasteiger partial charge in [0.05, 0.1) is 6.20 Å². The minimum atomic E-state index is -4.09. The van der Waals surface area contributed by atoms with Crippen molar-refractivity contribution in [3.8, 4) is 0 Å². The molecule has 1 aliphatic carbocycles. The molecule has 0 amide bonds. The van der Waals surface area contributed by atoms with Crippen molar-refractivity contribution in [1.29, 1.82) is 0 Å². The first-order valence-corrected chi connectivity index (χ1v) is 6.94. The molecule has 6 nitrogen and oxygen atoms in total. The fourth-order valence-corrected chi connectivity index (χ4v) is 2.72. The zero-order valence-corrected chi connectivity index (χ0v) is 9.70. The number of aromatic nitrogens is 2. The van der Waals surface area contributed by atoms with E-state index in [1.54, 1.807) is 0 Å². The molecule has 1 aliphatic rings. The van der Waals surface area contributed by atoms with Gasteiger partial charge in [-0.3, -0.25) is 4.68 Å². The first kappa shape index (κ1) is 11.4. The standard InChI is InChI=1S/C8H9ClN2O4S/c9-16(14,15)7-6(8(12)13)3-10-11(7)4-5-1-2-5/h3,5H,1-2,4H2,(H,12,13). The summed E-state index contributed by atoms with van der Waals surface area (Å²) < 4.78 is 23.7. The van der Waals surface area contributed by atoms with E-state index in [2.05, 4.69) is 5.10 Å². The molecule has 0 radical (unpaired) electrons. The van der Waals surface area contributed by atoms with Crippen LogP contribution in [0.3, 0.4) is 0 Å². The topological polar surface area (TPSA) is 89.3 Å². The SMILES string of the molecule is O=C(O)c1cnn(CC2CC2)c1S(=O)(=O)Cl. The van der Waals surface area contributed by atoms with Crippen molar-refractivity contribution in [2.24, 2.45) is 5.92 Å². The maximum absolute atomic E-state index is 11.3. The van der Waals surface area contributed by atoms with Gasteiger partial charge < -0.3 is 5.11 Å². The van der Waals surface area contributed by atoms with Crippen molar-refractivity contribution >= 4 is 25.7 Å². The molecule has 1 fully saturated rings. The van der Waals surface area contributed by atoms with Crippen LogP contribution in [0.2, 0.25) is 0 Å². The van der Waals surface area contributed by atoms with Gasteiger partial charge in [-0.2, -0.15) is 5.10 Å². The number of aromatic carboxylic acids is 1. The Bertz CT molecular complexity index is 532. The molecule has 0 aliphatic heterocycles. The smallest absolute Gasteiger partial charge is 0.340 e. The van der Waals surface area contributed by atoms with Crippen LogP contribution in [-0.2, 0) is 15.6 Å². The highest BCUT2D eigenvalue weighted by molar-refractivity contribution is 8.13. The molecule has 8 heteroatoms. The summed E-state index contributed by atoms with van der Waals surface area (Å²) in [7, 11) is 1.11. The molecular formula is C8H9ClN2O4S. The fraction of sp³-hybridized carbons (Fsp3) is 0.500. The summed E-state index contributed by atoms with van der Waals surface area (Å²) >= 11 is 0. The van der Waals surface area contributed by atoms with E-state index in [4.69, 9.17) is 15.8 Å². The summed E-state index contributed by atoms with van der Waals surface area (Å²) in [6.07, 6.45) is 3.02. The highest BCUT2D eigenvalue weighted by atomic mass is 35.7. The Balaban J connectivity index is 2.48. The van der Waals surface area contributed by atoms with E-state index in [9.17, 15) is 13.2 Å². The van der Waals surface area contributed by atoms with Crippen molar-refractivity contribution in [2.45, 2.75) is 24.4 Å². The zero-order valence-electron chi connectivity index (χ0n) is 8.13. The summed E-state index contributed by atoms with van der Waals surface area (Å²) in [5, 5.41) is 12.1. The van der Waals surface area contributed by atoms with Gasteiger partial charge in [-0.25, -0.2) is 13.2 Å². The van der Waals surface area contributed by atoms with Gasteiger partial charge in [0, 0.05) is 17.2 Å². The lowest BCUT2D eigenvalue weighted by Gasteiger charge is -2.03. The Kier molecular flexibility index (Phi) is 2.67. The van der Waals surface area contributed by atoms with Gasteiger partial charge >= 0.3 is 5.97 Å². The van der Waals surface area contributed by atoms with E-state index >= 15 is 0 Å². The summed E-state index contributed by atoms with van der Waals surface area (Å²) in [5.41, 5.74) is -0.379. The maximum Gasteiger partial charge on any atom is 0.340 e. The van der Waals surface area contributed by atoms with Crippen LogP contribution in [0.25, 0.3) is 0 Å². The van der Waals surface area contributed by atoms with E-state index in [0.29, 0.717) is 12.5 Å². The van der Waals surface area contributed by atoms with E-state index in [0.717, 1.165) is 23.7 Å². The summed E-state index contributed by atoms with van der Waals surface area (Å²) in [6, 6.07) is 0. The van der Waals surface area contributed by atoms with Crippen molar-refractivity contribution in [3.05, 3.63) is 11.8 Å². The summed E-state index contributed by atoms with van der Waals surface area (Å²) in [6.45, 7) is 0.397. The molecule has 88 valence electrons. The molecule has 0 bridgehead atoms. The molecule has 0 atom stereocenters. The van der Waals surface area contributed by atoms with Gasteiger partial charge in [0.15, 0.2) is 5.03 Å². The molecule has 1 N–H and O–H groups in total. The number of halogens is 1. The Morgan fingerprint density at radius 1 is 1.62 bits per heavy atom. The van der Waals surface area contributed by atoms with Crippen LogP contribution in [0.15, 0.2) is 11.2 Å². The number of hydrogen-bond acceptors (Lipinski definition) is 4. The number of carboxylic acids is 1. The molecule has 1 aromatic rings. The zero-order chi connectivity index (χ0) is 11.9. The largest absolute Gasteiger partial charge is 0.478 e. The number of carbonyl (C=O) groups is 1. The summed E-state index contributed by atoms with van der Waals surface area (Å²) in [5.74, 6) is -0.972. The van der Waals surface area contributed by atoms with Crippen molar-refractivity contribution in [2.75, 3.05) is 0 Å². The third-order valence-electron chi connectivity index (χ3n) is 2.38. The number of carboxylic acid groups (broad SMARTS) is 1. The molecule has 16 heavy (non-hydrogen) atoms. The third-order valence-corrected chi connectivity index (χ3v) is 3.71. The lowest BCUT2D eigenvalue weighted by Crippen LogP contribution is -2.11. The van der Waals surface area contributed by atoms with Crippen LogP contribution >= 0.6 is 10.7 Å². The van der Waals surface area contributed by atoms with Crippen LogP contribution in [0.5, 0.6) is 0 Å². The van der Waals surface area contributed by atoms with Crippen molar-refractivity contribution in [3.63, 3.8) is 0 Å². The molecule has 0 unspecified atom stereocenters. The second-order valence-electron chi connectivity index (χ2n) is 3.73. The Labute approximate surface area is 96.2 Å². The minimum Gasteiger partial charge on any atom is -0.478 e. The van der Waals surface area contributed by atoms with Crippen LogP contribution in [0, 0.1) is 5.92 Å². The maximum atomic E-state index is 11.3. The van der Waals surface area contributed by atoms with Crippen LogP contribution in [0.1, 0.15) is 23.2 Å². The van der Waals surface area contributed by atoms with Gasteiger partial charge in [0.25, 0.3) is 9.05 Å². The molecule has 1 saturated carbocycles. The minimum absolute atomic E-state index is 0.374. The Morgan fingerprint density at radius 2 is 2.25 bits per heavy atom. The van der Waals surface area contributed by atoms with Crippen LogP contribution in [0.4, 0.5) is 0 Å². The first-order valence-electron chi connectivity index (χ1n) is 4.63.